The molecule has 0 saturated carbocycles. The first kappa shape index (κ1) is 19.7. The van der Waals surface area contributed by atoms with Crippen LogP contribution in [-0.4, -0.2) is 27.6 Å². The standard InChI is InChI=1S/C19H20BrN3O3S/c1-12(24)23-8-7-14-9-15(20)18(10-16(14)23)27(26)22-19(21)11-17(25)13-5-3-2-4-6-13/h2-6,9-10,17,25H,7-8,11H2,1H3,(H2,21,22). The van der Waals surface area contributed by atoms with Crippen molar-refractivity contribution in [2.75, 3.05) is 11.4 Å². The van der Waals surface area contributed by atoms with Crippen LogP contribution in [0.5, 0.6) is 0 Å². The van der Waals surface area contributed by atoms with E-state index in [1.165, 1.54) is 6.92 Å². The van der Waals surface area contributed by atoms with Crippen LogP contribution in [0.4, 0.5) is 5.69 Å². The number of fused-ring (bicyclic) bond motifs is 1. The lowest BCUT2D eigenvalue weighted by molar-refractivity contribution is -0.116. The fourth-order valence-electron chi connectivity index (χ4n) is 3.03. The number of halogens is 1. The molecule has 2 unspecified atom stereocenters. The van der Waals surface area contributed by atoms with Crippen molar-refractivity contribution in [3.05, 3.63) is 58.1 Å². The fourth-order valence-corrected chi connectivity index (χ4v) is 4.66. The van der Waals surface area contributed by atoms with Gasteiger partial charge in [0, 0.05) is 30.0 Å². The van der Waals surface area contributed by atoms with Crippen LogP contribution in [0.3, 0.4) is 0 Å². The zero-order chi connectivity index (χ0) is 19.6. The largest absolute Gasteiger partial charge is 0.388 e. The third kappa shape index (κ3) is 4.45. The molecule has 0 aliphatic carbocycles. The molecule has 3 rings (SSSR count). The van der Waals surface area contributed by atoms with Crippen LogP contribution < -0.4 is 10.6 Å². The molecular weight excluding hydrogens is 430 g/mol. The highest BCUT2D eigenvalue weighted by Gasteiger charge is 2.25. The molecule has 0 fully saturated rings. The van der Waals surface area contributed by atoms with Gasteiger partial charge in [0.1, 0.15) is 5.84 Å². The summed E-state index contributed by atoms with van der Waals surface area (Å²) in [5.74, 6) is 0.0438. The first-order chi connectivity index (χ1) is 12.9. The number of aliphatic hydroxyl groups is 1. The summed E-state index contributed by atoms with van der Waals surface area (Å²) in [4.78, 5) is 13.9. The number of hydrogen-bond acceptors (Lipinski definition) is 3. The summed E-state index contributed by atoms with van der Waals surface area (Å²) in [6.07, 6.45) is 0.0242. The summed E-state index contributed by atoms with van der Waals surface area (Å²) < 4.78 is 17.4. The first-order valence-electron chi connectivity index (χ1n) is 8.45. The van der Waals surface area contributed by atoms with Crippen LogP contribution in [0, 0.1) is 0 Å². The number of amides is 1. The molecule has 1 amide bonds. The van der Waals surface area contributed by atoms with E-state index in [2.05, 4.69) is 20.3 Å². The van der Waals surface area contributed by atoms with Crippen molar-refractivity contribution < 1.29 is 14.1 Å². The second-order valence-electron chi connectivity index (χ2n) is 6.29. The minimum absolute atomic E-state index is 0.0539. The first-order valence-corrected chi connectivity index (χ1v) is 10.3. The van der Waals surface area contributed by atoms with Crippen molar-refractivity contribution in [2.24, 2.45) is 10.1 Å². The number of hydrogen-bond donors (Lipinski definition) is 2. The molecule has 1 heterocycles. The molecule has 2 aromatic rings. The topological polar surface area (TPSA) is 96.0 Å². The minimum atomic E-state index is -1.75. The van der Waals surface area contributed by atoms with Gasteiger partial charge in [0.25, 0.3) is 0 Å². The Morgan fingerprint density at radius 2 is 2.07 bits per heavy atom. The number of rotatable bonds is 5. The Hall–Kier alpha value is -2.03. The Morgan fingerprint density at radius 1 is 1.37 bits per heavy atom. The third-order valence-electron chi connectivity index (χ3n) is 4.38. The van der Waals surface area contributed by atoms with Gasteiger partial charge in [-0.3, -0.25) is 4.79 Å². The lowest BCUT2D eigenvalue weighted by atomic mass is 10.1. The highest BCUT2D eigenvalue weighted by molar-refractivity contribution is 9.10. The van der Waals surface area contributed by atoms with Crippen LogP contribution >= 0.6 is 15.9 Å². The number of carbonyl (C=O) groups is 1. The van der Waals surface area contributed by atoms with Gasteiger partial charge in [0.05, 0.1) is 11.0 Å². The average Bonchev–Trinajstić information content (AvgIpc) is 3.04. The summed E-state index contributed by atoms with van der Waals surface area (Å²) >= 11 is 3.43. The van der Waals surface area contributed by atoms with Crippen LogP contribution in [0.2, 0.25) is 0 Å². The second-order valence-corrected chi connectivity index (χ2v) is 8.27. The summed E-state index contributed by atoms with van der Waals surface area (Å²) in [5.41, 5.74) is 8.40. The van der Waals surface area contributed by atoms with Crippen molar-refractivity contribution in [1.82, 2.24) is 0 Å². The van der Waals surface area contributed by atoms with Crippen LogP contribution in [0.1, 0.15) is 30.6 Å². The summed E-state index contributed by atoms with van der Waals surface area (Å²) in [7, 11) is -1.75. The van der Waals surface area contributed by atoms with Gasteiger partial charge in [-0.15, -0.1) is 0 Å². The van der Waals surface area contributed by atoms with Crippen LogP contribution in [-0.2, 0) is 22.2 Å². The lowest BCUT2D eigenvalue weighted by Gasteiger charge is -2.16. The lowest BCUT2D eigenvalue weighted by Crippen LogP contribution is -2.25. The fraction of sp³-hybridized carbons (Fsp3) is 0.263. The molecule has 142 valence electrons. The molecular formula is C19H20BrN3O3S. The molecule has 2 aromatic carbocycles. The molecule has 0 bridgehead atoms. The number of nitrogens with zero attached hydrogens (tertiary/aromatic N) is 2. The highest BCUT2D eigenvalue weighted by atomic mass is 79.9. The van der Waals surface area contributed by atoms with E-state index in [1.807, 2.05) is 24.3 Å². The number of nitrogens with two attached hydrogens (primary N) is 1. The van der Waals surface area contributed by atoms with Gasteiger partial charge in [-0.2, -0.15) is 4.40 Å². The normalized spacial score (nSPS) is 16.1. The molecule has 2 atom stereocenters. The zero-order valence-corrected chi connectivity index (χ0v) is 17.2. The summed E-state index contributed by atoms with van der Waals surface area (Å²) in [5, 5.41) is 10.2. The van der Waals surface area contributed by atoms with E-state index in [-0.39, 0.29) is 18.2 Å². The summed E-state index contributed by atoms with van der Waals surface area (Å²) in [6.45, 7) is 2.12. The Bertz CT molecular complexity index is 918. The number of benzene rings is 2. The maximum Gasteiger partial charge on any atom is 0.223 e. The average molecular weight is 450 g/mol. The van der Waals surface area contributed by atoms with Crippen molar-refractivity contribution in [3.63, 3.8) is 0 Å². The van der Waals surface area contributed by atoms with Crippen molar-refractivity contribution in [1.29, 1.82) is 0 Å². The summed E-state index contributed by atoms with van der Waals surface area (Å²) in [6, 6.07) is 12.7. The molecule has 0 spiro atoms. The molecule has 1 aliphatic heterocycles. The van der Waals surface area contributed by atoms with E-state index in [0.717, 1.165) is 23.2 Å². The second kappa shape index (κ2) is 8.33. The predicted octanol–water partition coefficient (Wildman–Crippen LogP) is 2.86. The van der Waals surface area contributed by atoms with Gasteiger partial charge in [0.15, 0.2) is 11.0 Å². The van der Waals surface area contributed by atoms with E-state index in [4.69, 9.17) is 5.73 Å². The molecule has 8 heteroatoms. The zero-order valence-electron chi connectivity index (χ0n) is 14.8. The van der Waals surface area contributed by atoms with E-state index >= 15 is 0 Å². The van der Waals surface area contributed by atoms with E-state index < -0.39 is 17.1 Å². The van der Waals surface area contributed by atoms with Crippen molar-refractivity contribution in [3.8, 4) is 0 Å². The third-order valence-corrected chi connectivity index (χ3v) is 6.42. The van der Waals surface area contributed by atoms with Gasteiger partial charge in [-0.1, -0.05) is 30.3 Å². The number of amidine groups is 1. The maximum atomic E-state index is 12.7. The number of anilines is 1. The van der Waals surface area contributed by atoms with E-state index in [9.17, 15) is 14.1 Å². The van der Waals surface area contributed by atoms with Gasteiger partial charge in [0.2, 0.25) is 5.91 Å². The molecule has 27 heavy (non-hydrogen) atoms. The smallest absolute Gasteiger partial charge is 0.223 e. The molecule has 0 radical (unpaired) electrons. The number of carbonyl (C=O) groups excluding carboxylic acids is 1. The Balaban J connectivity index is 1.80. The SMILES string of the molecule is CC(=O)N1CCc2cc(Br)c(S(=O)/N=C(\N)CC(O)c3ccccc3)cc21. The maximum absolute atomic E-state index is 12.7. The van der Waals surface area contributed by atoms with E-state index in [0.29, 0.717) is 15.9 Å². The Morgan fingerprint density at radius 3 is 2.74 bits per heavy atom. The van der Waals surface area contributed by atoms with Gasteiger partial charge < -0.3 is 15.7 Å². The van der Waals surface area contributed by atoms with Gasteiger partial charge in [-0.05, 0) is 45.6 Å². The monoisotopic (exact) mass is 449 g/mol. The minimum Gasteiger partial charge on any atom is -0.388 e. The molecule has 0 saturated heterocycles. The van der Waals surface area contributed by atoms with Crippen LogP contribution in [0.25, 0.3) is 0 Å². The Labute approximate surface area is 168 Å². The van der Waals surface area contributed by atoms with Crippen LogP contribution in [0.15, 0.2) is 56.2 Å². The molecule has 1 aliphatic rings. The molecule has 3 N–H and O–H groups in total. The molecule has 6 nitrogen and oxygen atoms in total. The number of aliphatic hydroxyl groups excluding tert-OH is 1. The highest BCUT2D eigenvalue weighted by Crippen LogP contribution is 2.35. The molecule has 0 aromatic heterocycles. The van der Waals surface area contributed by atoms with Crippen molar-refractivity contribution in [2.45, 2.75) is 30.8 Å². The van der Waals surface area contributed by atoms with E-state index in [1.54, 1.807) is 23.1 Å². The van der Waals surface area contributed by atoms with Crippen molar-refractivity contribution >= 4 is 44.3 Å². The van der Waals surface area contributed by atoms with Gasteiger partial charge >= 0.3 is 0 Å². The van der Waals surface area contributed by atoms with Gasteiger partial charge in [-0.25, -0.2) is 4.21 Å². The predicted molar refractivity (Wildman–Crippen MR) is 110 cm³/mol. The quantitative estimate of drug-likeness (QED) is 0.541. The Kier molecular flexibility index (Phi) is 6.08.